The fraction of sp³-hybridized carbons (Fsp3) is 0.273. The first-order valence-electron chi connectivity index (χ1n) is 10.4. The molecule has 4 rings (SSSR count). The Morgan fingerprint density at radius 3 is 2.69 bits per heavy atom. The second kappa shape index (κ2) is 10.7. The highest BCUT2D eigenvalue weighted by Gasteiger charge is 2.25. The first-order chi connectivity index (χ1) is 15.6. The molecule has 168 valence electrons. The lowest BCUT2D eigenvalue weighted by Gasteiger charge is -2.39. The highest BCUT2D eigenvalue weighted by molar-refractivity contribution is 6.29. The Bertz CT molecular complexity index is 1060. The molecule has 7 N–H and O–H groups in total. The Hall–Kier alpha value is -2.79. The summed E-state index contributed by atoms with van der Waals surface area (Å²) in [4.78, 5) is 15.7. The van der Waals surface area contributed by atoms with Gasteiger partial charge in [0.25, 0.3) is 0 Å². The first-order valence-corrected chi connectivity index (χ1v) is 10.9. The summed E-state index contributed by atoms with van der Waals surface area (Å²) in [7, 11) is 1.88. The smallest absolute Gasteiger partial charge is 0.239 e. The molecule has 3 aromatic rings. The van der Waals surface area contributed by atoms with E-state index in [2.05, 4.69) is 54.3 Å². The Labute approximate surface area is 191 Å². The molecule has 10 heteroatoms. The number of alkyl halides is 1. The average Bonchev–Trinajstić information content (AvgIpc) is 2.82. The summed E-state index contributed by atoms with van der Waals surface area (Å²) < 4.78 is 0. The predicted octanol–water partition coefficient (Wildman–Crippen LogP) is 1.47. The molecule has 1 fully saturated rings. The van der Waals surface area contributed by atoms with Crippen LogP contribution in [0.25, 0.3) is 10.8 Å². The van der Waals surface area contributed by atoms with Gasteiger partial charge in [0, 0.05) is 35.7 Å². The van der Waals surface area contributed by atoms with E-state index in [1.165, 1.54) is 0 Å². The third-order valence-corrected chi connectivity index (χ3v) is 5.33. The molecule has 3 unspecified atom stereocenters. The van der Waals surface area contributed by atoms with Crippen LogP contribution in [0.3, 0.4) is 0 Å². The number of halogens is 1. The highest BCUT2D eigenvalue weighted by atomic mass is 35.5. The molecule has 0 spiro atoms. The van der Waals surface area contributed by atoms with Crippen molar-refractivity contribution in [3.63, 3.8) is 0 Å². The van der Waals surface area contributed by atoms with Crippen molar-refractivity contribution in [3.8, 4) is 0 Å². The third-order valence-electron chi connectivity index (χ3n) is 5.08. The fourth-order valence-corrected chi connectivity index (χ4v) is 3.59. The first kappa shape index (κ1) is 22.4. The summed E-state index contributed by atoms with van der Waals surface area (Å²) in [6.45, 7) is 0.597. The van der Waals surface area contributed by atoms with Gasteiger partial charge >= 0.3 is 0 Å². The molecular formula is C22H27ClN8O. The van der Waals surface area contributed by atoms with E-state index in [1.54, 1.807) is 6.20 Å². The molecule has 0 radical (unpaired) electrons. The number of aromatic nitrogens is 1. The molecule has 1 amide bonds. The van der Waals surface area contributed by atoms with Crippen LogP contribution in [0.2, 0.25) is 0 Å². The molecule has 0 bridgehead atoms. The molecule has 1 saturated heterocycles. The van der Waals surface area contributed by atoms with Gasteiger partial charge in [0.2, 0.25) is 5.91 Å². The van der Waals surface area contributed by atoms with Crippen molar-refractivity contribution in [1.82, 2.24) is 31.6 Å². The molecule has 1 aliphatic heterocycles. The topological polar surface area (TPSA) is 114 Å². The van der Waals surface area contributed by atoms with E-state index >= 15 is 0 Å². The van der Waals surface area contributed by atoms with Crippen molar-refractivity contribution in [1.29, 1.82) is 0 Å². The highest BCUT2D eigenvalue weighted by Crippen LogP contribution is 2.18. The molecular weight excluding hydrogens is 428 g/mol. The van der Waals surface area contributed by atoms with Gasteiger partial charge in [-0.05, 0) is 48.3 Å². The summed E-state index contributed by atoms with van der Waals surface area (Å²) in [5.74, 6) is -0.299. The number of pyridine rings is 1. The van der Waals surface area contributed by atoms with Crippen LogP contribution in [0.4, 0.5) is 11.4 Å². The molecule has 32 heavy (non-hydrogen) atoms. The fourth-order valence-electron chi connectivity index (χ4n) is 3.53. The number of nitrogens with zero attached hydrogens (tertiary/aromatic N) is 1. The lowest BCUT2D eigenvalue weighted by atomic mass is 10.1. The molecule has 0 saturated carbocycles. The number of anilines is 2. The lowest BCUT2D eigenvalue weighted by Crippen LogP contribution is -2.75. The van der Waals surface area contributed by atoms with Crippen molar-refractivity contribution in [2.45, 2.75) is 25.4 Å². The van der Waals surface area contributed by atoms with Gasteiger partial charge in [-0.3, -0.25) is 36.4 Å². The Morgan fingerprint density at radius 2 is 1.84 bits per heavy atom. The van der Waals surface area contributed by atoms with Crippen LogP contribution in [0.15, 0.2) is 60.9 Å². The van der Waals surface area contributed by atoms with Crippen LogP contribution in [0.5, 0.6) is 0 Å². The van der Waals surface area contributed by atoms with Crippen molar-refractivity contribution in [2.75, 3.05) is 23.6 Å². The maximum atomic E-state index is 11.5. The Kier molecular flexibility index (Phi) is 7.48. The molecule has 2 heterocycles. The zero-order valence-corrected chi connectivity index (χ0v) is 18.4. The standard InChI is InChI=1S/C22H27ClN8O/c1-24-20-29-21(26-12-14-3-2-4-17(9-14)27-19(32)11-23)31-22(30-20)28-18-6-5-15-7-8-25-13-16(15)10-18/h2-10,13,20-22,24,26,28-31H,11-12H2,1H3,(H,27,32). The van der Waals surface area contributed by atoms with Crippen molar-refractivity contribution in [2.24, 2.45) is 0 Å². The van der Waals surface area contributed by atoms with Gasteiger partial charge in [-0.15, -0.1) is 11.6 Å². The van der Waals surface area contributed by atoms with E-state index in [0.717, 1.165) is 27.7 Å². The number of fused-ring (bicyclic) bond motifs is 1. The minimum absolute atomic E-state index is 0.0705. The van der Waals surface area contributed by atoms with Gasteiger partial charge < -0.3 is 10.6 Å². The van der Waals surface area contributed by atoms with Gasteiger partial charge in [-0.2, -0.15) is 0 Å². The summed E-state index contributed by atoms with van der Waals surface area (Å²) >= 11 is 5.57. The summed E-state index contributed by atoms with van der Waals surface area (Å²) in [6, 6.07) is 15.8. The largest absolute Gasteiger partial charge is 0.357 e. The number of amides is 1. The second-order valence-corrected chi connectivity index (χ2v) is 7.70. The number of rotatable bonds is 8. The summed E-state index contributed by atoms with van der Waals surface area (Å²) in [6.07, 6.45) is 3.18. The van der Waals surface area contributed by atoms with Crippen molar-refractivity contribution < 1.29 is 4.79 Å². The summed E-state index contributed by atoms with van der Waals surface area (Å²) in [5.41, 5.74) is 2.74. The SMILES string of the molecule is CNC1NC(NCc2cccc(NC(=O)CCl)c2)NC(Nc2ccc3ccncc3c2)N1. The van der Waals surface area contributed by atoms with Crippen LogP contribution in [0.1, 0.15) is 5.56 Å². The number of carbonyl (C=O) groups excluding carboxylic acids is 1. The van der Waals surface area contributed by atoms with Crippen molar-refractivity contribution in [3.05, 3.63) is 66.5 Å². The number of hydrogen-bond acceptors (Lipinski definition) is 8. The van der Waals surface area contributed by atoms with Crippen LogP contribution in [0, 0.1) is 0 Å². The molecule has 9 nitrogen and oxygen atoms in total. The monoisotopic (exact) mass is 454 g/mol. The molecule has 1 aliphatic rings. The predicted molar refractivity (Wildman–Crippen MR) is 128 cm³/mol. The zero-order valence-electron chi connectivity index (χ0n) is 17.7. The van der Waals surface area contributed by atoms with Gasteiger partial charge in [0.1, 0.15) is 24.7 Å². The summed E-state index contributed by atoms with van der Waals surface area (Å²) in [5, 5.41) is 25.4. The maximum absolute atomic E-state index is 11.5. The zero-order chi connectivity index (χ0) is 22.3. The second-order valence-electron chi connectivity index (χ2n) is 7.43. The number of benzene rings is 2. The minimum atomic E-state index is -0.228. The number of nitrogens with one attached hydrogen (secondary N) is 7. The normalized spacial score (nSPS) is 20.8. The van der Waals surface area contributed by atoms with E-state index in [-0.39, 0.29) is 30.7 Å². The van der Waals surface area contributed by atoms with Crippen LogP contribution in [-0.2, 0) is 11.3 Å². The number of carbonyl (C=O) groups is 1. The Morgan fingerprint density at radius 1 is 1.00 bits per heavy atom. The molecule has 2 aromatic carbocycles. The molecule has 0 aliphatic carbocycles. The minimum Gasteiger partial charge on any atom is -0.357 e. The van der Waals surface area contributed by atoms with E-state index < -0.39 is 0 Å². The molecule has 1 aromatic heterocycles. The lowest BCUT2D eigenvalue weighted by molar-refractivity contribution is -0.113. The quantitative estimate of drug-likeness (QED) is 0.256. The van der Waals surface area contributed by atoms with Crippen molar-refractivity contribution >= 4 is 39.7 Å². The van der Waals surface area contributed by atoms with Gasteiger partial charge in [0.05, 0.1) is 0 Å². The van der Waals surface area contributed by atoms with E-state index in [1.807, 2.05) is 49.6 Å². The Balaban J connectivity index is 1.37. The van der Waals surface area contributed by atoms with E-state index in [0.29, 0.717) is 6.54 Å². The maximum Gasteiger partial charge on any atom is 0.239 e. The van der Waals surface area contributed by atoms with Crippen LogP contribution in [-0.4, -0.2) is 42.7 Å². The van der Waals surface area contributed by atoms with Crippen LogP contribution >= 0.6 is 11.6 Å². The van der Waals surface area contributed by atoms with Gasteiger partial charge in [-0.25, -0.2) is 0 Å². The third kappa shape index (κ3) is 5.92. The number of hydrogen-bond donors (Lipinski definition) is 7. The van der Waals surface area contributed by atoms with Gasteiger partial charge in [0.15, 0.2) is 0 Å². The van der Waals surface area contributed by atoms with Gasteiger partial charge in [-0.1, -0.05) is 18.2 Å². The van der Waals surface area contributed by atoms with Crippen LogP contribution < -0.4 is 37.2 Å². The average molecular weight is 455 g/mol. The molecule has 3 atom stereocenters. The van der Waals surface area contributed by atoms with E-state index in [9.17, 15) is 4.79 Å². The van der Waals surface area contributed by atoms with E-state index in [4.69, 9.17) is 11.6 Å².